The van der Waals surface area contributed by atoms with E-state index in [2.05, 4.69) is 4.98 Å². The molecule has 1 radical (unpaired) electrons. The molecule has 0 unspecified atom stereocenters. The molecular weight excluding hydrogens is 236 g/mol. The minimum atomic E-state index is -0.470. The number of rotatable bonds is 6. The molecular formula is C8H7N2O3S2. The highest BCUT2D eigenvalue weighted by Crippen LogP contribution is 2.35. The molecule has 0 aromatic carbocycles. The summed E-state index contributed by atoms with van der Waals surface area (Å²) in [7, 11) is 2.55. The molecule has 0 aliphatic heterocycles. The molecule has 0 spiro atoms. The second kappa shape index (κ2) is 6.41. The van der Waals surface area contributed by atoms with Gasteiger partial charge in [0.1, 0.15) is 0 Å². The minimum absolute atomic E-state index is 0.00918. The number of pyridine rings is 1. The Hall–Kier alpha value is -1.08. The van der Waals surface area contributed by atoms with Crippen molar-refractivity contribution in [2.45, 2.75) is 11.4 Å². The maximum Gasteiger partial charge on any atom is 0.302 e. The van der Waals surface area contributed by atoms with Crippen LogP contribution in [0.5, 0.6) is 0 Å². The SMILES string of the molecule is O=[C]CCSSc1ncccc1[N+](=O)[O-]. The molecule has 0 aliphatic carbocycles. The fourth-order valence-electron chi connectivity index (χ4n) is 0.766. The third-order valence-corrected chi connectivity index (χ3v) is 3.66. The van der Waals surface area contributed by atoms with E-state index in [4.69, 9.17) is 0 Å². The molecule has 1 rings (SSSR count). The Morgan fingerprint density at radius 1 is 1.60 bits per heavy atom. The number of hydrogen-bond acceptors (Lipinski definition) is 6. The van der Waals surface area contributed by atoms with Crippen LogP contribution in [-0.4, -0.2) is 21.9 Å². The second-order valence-electron chi connectivity index (χ2n) is 2.38. The zero-order valence-corrected chi connectivity index (χ0v) is 9.21. The molecule has 15 heavy (non-hydrogen) atoms. The van der Waals surface area contributed by atoms with E-state index >= 15 is 0 Å². The van der Waals surface area contributed by atoms with Gasteiger partial charge in [-0.2, -0.15) is 0 Å². The minimum Gasteiger partial charge on any atom is -0.291 e. The van der Waals surface area contributed by atoms with Crippen LogP contribution < -0.4 is 0 Å². The van der Waals surface area contributed by atoms with Gasteiger partial charge in [0.25, 0.3) is 0 Å². The zero-order chi connectivity index (χ0) is 11.1. The molecule has 0 atom stereocenters. The molecule has 1 heterocycles. The summed E-state index contributed by atoms with van der Waals surface area (Å²) in [6.07, 6.45) is 3.57. The lowest BCUT2D eigenvalue weighted by Gasteiger charge is -1.98. The normalized spacial score (nSPS) is 9.87. The number of nitrogens with zero attached hydrogens (tertiary/aromatic N) is 2. The van der Waals surface area contributed by atoms with Crippen LogP contribution in [0.1, 0.15) is 6.42 Å². The predicted octanol–water partition coefficient (Wildman–Crippen LogP) is 2.23. The van der Waals surface area contributed by atoms with E-state index in [0.29, 0.717) is 17.2 Å². The Balaban J connectivity index is 2.59. The van der Waals surface area contributed by atoms with Gasteiger partial charge in [0.15, 0.2) is 11.3 Å². The summed E-state index contributed by atoms with van der Waals surface area (Å²) >= 11 is 0. The first-order valence-electron chi connectivity index (χ1n) is 3.99. The lowest BCUT2D eigenvalue weighted by molar-refractivity contribution is -0.388. The highest BCUT2D eigenvalue weighted by Gasteiger charge is 2.14. The summed E-state index contributed by atoms with van der Waals surface area (Å²) in [5, 5.41) is 11.0. The molecule has 0 saturated carbocycles. The fourth-order valence-corrected chi connectivity index (χ4v) is 2.68. The van der Waals surface area contributed by atoms with Crippen LogP contribution in [0.4, 0.5) is 5.69 Å². The molecule has 79 valence electrons. The monoisotopic (exact) mass is 243 g/mol. The van der Waals surface area contributed by atoms with Gasteiger partial charge in [0.2, 0.25) is 0 Å². The van der Waals surface area contributed by atoms with Crippen LogP contribution in [0.25, 0.3) is 0 Å². The standard InChI is InChI=1S/C8H7N2O3S2/c11-5-2-6-14-15-8-7(10(12)13)3-1-4-9-8/h1,3-4H,2,6H2. The van der Waals surface area contributed by atoms with Crippen LogP contribution in [0, 0.1) is 10.1 Å². The lowest BCUT2D eigenvalue weighted by atomic mass is 10.4. The van der Waals surface area contributed by atoms with E-state index in [1.54, 1.807) is 6.29 Å². The second-order valence-corrected chi connectivity index (χ2v) is 4.79. The van der Waals surface area contributed by atoms with Gasteiger partial charge in [-0.3, -0.25) is 14.9 Å². The Bertz CT molecular complexity index is 359. The molecule has 0 aliphatic rings. The Morgan fingerprint density at radius 2 is 2.40 bits per heavy atom. The summed E-state index contributed by atoms with van der Waals surface area (Å²) in [5.74, 6) is 0.571. The predicted molar refractivity (Wildman–Crippen MR) is 59.5 cm³/mol. The average Bonchev–Trinajstić information content (AvgIpc) is 2.25. The summed E-state index contributed by atoms with van der Waals surface area (Å²) in [6.45, 7) is 0. The summed E-state index contributed by atoms with van der Waals surface area (Å²) in [5.41, 5.74) is -0.00918. The van der Waals surface area contributed by atoms with Gasteiger partial charge in [-0.25, -0.2) is 4.98 Å². The smallest absolute Gasteiger partial charge is 0.291 e. The van der Waals surface area contributed by atoms with Gasteiger partial charge in [-0.15, -0.1) is 0 Å². The van der Waals surface area contributed by atoms with E-state index in [1.807, 2.05) is 0 Å². The Morgan fingerprint density at radius 3 is 3.07 bits per heavy atom. The van der Waals surface area contributed by atoms with Gasteiger partial charge < -0.3 is 0 Å². The average molecular weight is 243 g/mol. The topological polar surface area (TPSA) is 73.1 Å². The molecule has 0 saturated heterocycles. The largest absolute Gasteiger partial charge is 0.302 e. The van der Waals surface area contributed by atoms with Crippen molar-refractivity contribution in [2.24, 2.45) is 0 Å². The van der Waals surface area contributed by atoms with Gasteiger partial charge in [-0.05, 0) is 16.9 Å². The molecule has 7 heteroatoms. The maximum absolute atomic E-state index is 10.6. The van der Waals surface area contributed by atoms with Crippen molar-refractivity contribution >= 4 is 33.6 Å². The highest BCUT2D eigenvalue weighted by atomic mass is 33.1. The lowest BCUT2D eigenvalue weighted by Crippen LogP contribution is -1.91. The highest BCUT2D eigenvalue weighted by molar-refractivity contribution is 8.76. The molecule has 1 aromatic rings. The van der Waals surface area contributed by atoms with Gasteiger partial charge in [-0.1, -0.05) is 10.8 Å². The van der Waals surface area contributed by atoms with Crippen LogP contribution in [0.3, 0.4) is 0 Å². The number of aromatic nitrogens is 1. The first-order valence-corrected chi connectivity index (χ1v) is 6.31. The van der Waals surface area contributed by atoms with E-state index in [1.165, 1.54) is 39.9 Å². The van der Waals surface area contributed by atoms with E-state index in [9.17, 15) is 14.9 Å². The van der Waals surface area contributed by atoms with Gasteiger partial charge in [0, 0.05) is 24.4 Å². The van der Waals surface area contributed by atoms with Crippen molar-refractivity contribution in [3.05, 3.63) is 28.4 Å². The Labute approximate surface area is 94.2 Å². The van der Waals surface area contributed by atoms with Crippen LogP contribution in [0.15, 0.2) is 23.4 Å². The van der Waals surface area contributed by atoms with Gasteiger partial charge in [0.05, 0.1) is 4.92 Å². The summed E-state index contributed by atoms with van der Waals surface area (Å²) in [6, 6.07) is 2.92. The van der Waals surface area contributed by atoms with Crippen LogP contribution in [-0.2, 0) is 4.79 Å². The summed E-state index contributed by atoms with van der Waals surface area (Å²) < 4.78 is 0. The first kappa shape index (κ1) is 12.0. The van der Waals surface area contributed by atoms with Crippen molar-refractivity contribution in [1.29, 1.82) is 0 Å². The fraction of sp³-hybridized carbons (Fsp3) is 0.250. The van der Waals surface area contributed by atoms with E-state index < -0.39 is 4.92 Å². The third-order valence-electron chi connectivity index (χ3n) is 1.37. The molecule has 5 nitrogen and oxygen atoms in total. The van der Waals surface area contributed by atoms with Crippen molar-refractivity contribution in [1.82, 2.24) is 4.98 Å². The number of hydrogen-bond donors (Lipinski definition) is 0. The zero-order valence-electron chi connectivity index (χ0n) is 7.58. The van der Waals surface area contributed by atoms with Crippen molar-refractivity contribution < 1.29 is 9.72 Å². The number of nitro groups is 1. The third kappa shape index (κ3) is 3.88. The van der Waals surface area contributed by atoms with E-state index in [-0.39, 0.29) is 5.69 Å². The van der Waals surface area contributed by atoms with E-state index in [0.717, 1.165) is 0 Å². The van der Waals surface area contributed by atoms with Gasteiger partial charge >= 0.3 is 5.69 Å². The molecule has 0 fully saturated rings. The first-order chi connectivity index (χ1) is 7.25. The maximum atomic E-state index is 10.6. The molecule has 0 bridgehead atoms. The van der Waals surface area contributed by atoms with Crippen molar-refractivity contribution in [3.63, 3.8) is 0 Å². The molecule has 1 aromatic heterocycles. The molecule has 0 N–H and O–H groups in total. The quantitative estimate of drug-likeness (QED) is 0.330. The number of carbonyl (C=O) groups excluding carboxylic acids is 1. The summed E-state index contributed by atoms with van der Waals surface area (Å²) in [4.78, 5) is 23.9. The Kier molecular flexibility index (Phi) is 5.13. The van der Waals surface area contributed by atoms with Crippen LogP contribution >= 0.6 is 21.6 Å². The van der Waals surface area contributed by atoms with Crippen LogP contribution in [0.2, 0.25) is 0 Å². The van der Waals surface area contributed by atoms with Crippen molar-refractivity contribution in [2.75, 3.05) is 5.75 Å². The van der Waals surface area contributed by atoms with Crippen molar-refractivity contribution in [3.8, 4) is 0 Å². The molecule has 0 amide bonds.